The topological polar surface area (TPSA) is 72.8 Å². The molecule has 3 aliphatic rings. The van der Waals surface area contributed by atoms with Crippen LogP contribution in [-0.4, -0.2) is 54.8 Å². The molecule has 2 bridgehead atoms. The van der Waals surface area contributed by atoms with Crippen LogP contribution in [-0.2, 0) is 17.9 Å². The van der Waals surface area contributed by atoms with Crippen LogP contribution in [0.1, 0.15) is 40.2 Å². The fourth-order valence-corrected chi connectivity index (χ4v) is 5.83. The second-order valence-electron chi connectivity index (χ2n) is 10.4. The number of aromatic nitrogens is 1. The molecule has 7 nitrogen and oxygen atoms in total. The molecule has 3 atom stereocenters. The zero-order valence-electron chi connectivity index (χ0n) is 21.4. The number of amides is 1. The van der Waals surface area contributed by atoms with Gasteiger partial charge in [0.2, 0.25) is 0 Å². The Morgan fingerprint density at radius 1 is 1.08 bits per heavy atom. The number of carbonyl (C=O) groups excluding carboxylic acids is 1. The van der Waals surface area contributed by atoms with E-state index in [1.165, 1.54) is 6.42 Å². The van der Waals surface area contributed by atoms with Crippen molar-refractivity contribution < 1.29 is 14.3 Å². The lowest BCUT2D eigenvalue weighted by Crippen LogP contribution is -2.40. The number of carbonyl (C=O) groups is 1. The maximum atomic E-state index is 13.4. The fourth-order valence-electron chi connectivity index (χ4n) is 5.83. The molecule has 0 unspecified atom stereocenters. The number of pyridine rings is 1. The van der Waals surface area contributed by atoms with Crippen molar-refractivity contribution in [2.24, 2.45) is 17.8 Å². The SMILES string of the molecule is Cc1ccc(OCc2c(C(=O)NC[C@H]3C[C@@H]4C=C[C@H]3C4)c(=O)cc(C)n2CCN2CCOCC2)cc1. The molecule has 1 aliphatic heterocycles. The van der Waals surface area contributed by atoms with Crippen LogP contribution >= 0.6 is 0 Å². The lowest BCUT2D eigenvalue weighted by atomic mass is 9.93. The van der Waals surface area contributed by atoms with Gasteiger partial charge in [0.05, 0.1) is 18.9 Å². The molecule has 192 valence electrons. The van der Waals surface area contributed by atoms with E-state index in [0.717, 1.165) is 56.3 Å². The Labute approximate surface area is 213 Å². The lowest BCUT2D eigenvalue weighted by Gasteiger charge is -2.28. The number of nitrogens with one attached hydrogen (secondary N) is 1. The van der Waals surface area contributed by atoms with E-state index in [1.807, 2.05) is 38.1 Å². The second kappa shape index (κ2) is 11.0. The standard InChI is InChI=1S/C29H37N3O4/c1-20-3-7-25(8-4-20)36-19-26-28(29(34)30-18-24-17-22-5-6-23(24)16-22)27(33)15-21(2)32(26)10-9-31-11-13-35-14-12-31/h3-8,15,22-24H,9-14,16-19H2,1-2H3,(H,30,34)/t22-,23+,24-/m1/s1. The van der Waals surface area contributed by atoms with Crippen LogP contribution < -0.4 is 15.5 Å². The predicted octanol–water partition coefficient (Wildman–Crippen LogP) is 3.32. The summed E-state index contributed by atoms with van der Waals surface area (Å²) in [6.07, 6.45) is 6.89. The minimum atomic E-state index is -0.297. The zero-order valence-corrected chi connectivity index (χ0v) is 21.4. The second-order valence-corrected chi connectivity index (χ2v) is 10.4. The number of hydrogen-bond acceptors (Lipinski definition) is 5. The molecule has 2 aliphatic carbocycles. The van der Waals surface area contributed by atoms with Crippen molar-refractivity contribution in [2.75, 3.05) is 39.4 Å². The number of benzene rings is 1. The first kappa shape index (κ1) is 24.8. The third-order valence-corrected chi connectivity index (χ3v) is 7.93. The Kier molecular flexibility index (Phi) is 7.58. The maximum absolute atomic E-state index is 13.4. The molecule has 1 N–H and O–H groups in total. The normalized spacial score (nSPS) is 23.2. The number of nitrogens with zero attached hydrogens (tertiary/aromatic N) is 2. The maximum Gasteiger partial charge on any atom is 0.257 e. The van der Waals surface area contributed by atoms with Crippen molar-refractivity contribution in [3.63, 3.8) is 0 Å². The highest BCUT2D eigenvalue weighted by Crippen LogP contribution is 2.42. The zero-order chi connectivity index (χ0) is 25.1. The average molecular weight is 492 g/mol. The number of allylic oxidation sites excluding steroid dienone is 2. The Bertz CT molecular complexity index is 1160. The summed E-state index contributed by atoms with van der Waals surface area (Å²) in [5.74, 6) is 2.06. The molecule has 2 heterocycles. The molecular weight excluding hydrogens is 454 g/mol. The van der Waals surface area contributed by atoms with E-state index in [4.69, 9.17) is 9.47 Å². The molecule has 1 aromatic heterocycles. The van der Waals surface area contributed by atoms with Crippen molar-refractivity contribution in [3.8, 4) is 5.75 Å². The van der Waals surface area contributed by atoms with E-state index in [9.17, 15) is 9.59 Å². The van der Waals surface area contributed by atoms with E-state index >= 15 is 0 Å². The molecule has 36 heavy (non-hydrogen) atoms. The van der Waals surface area contributed by atoms with Crippen molar-refractivity contribution in [1.82, 2.24) is 14.8 Å². The Morgan fingerprint density at radius 3 is 2.56 bits per heavy atom. The molecule has 5 rings (SSSR count). The molecule has 1 saturated carbocycles. The van der Waals surface area contributed by atoms with Gasteiger partial charge in [0, 0.05) is 44.5 Å². The van der Waals surface area contributed by atoms with Gasteiger partial charge in [-0.15, -0.1) is 0 Å². The molecule has 1 aromatic carbocycles. The highest BCUT2D eigenvalue weighted by molar-refractivity contribution is 5.95. The Hall–Kier alpha value is -2.90. The summed E-state index contributed by atoms with van der Waals surface area (Å²) < 4.78 is 13.7. The van der Waals surface area contributed by atoms with Gasteiger partial charge >= 0.3 is 0 Å². The van der Waals surface area contributed by atoms with Gasteiger partial charge in [-0.05, 0) is 56.6 Å². The first-order valence-corrected chi connectivity index (χ1v) is 13.2. The van der Waals surface area contributed by atoms with Gasteiger partial charge in [0.15, 0.2) is 5.43 Å². The molecule has 2 fully saturated rings. The van der Waals surface area contributed by atoms with Gasteiger partial charge in [-0.3, -0.25) is 14.5 Å². The van der Waals surface area contributed by atoms with Crippen molar-refractivity contribution in [2.45, 2.75) is 39.8 Å². The minimum Gasteiger partial charge on any atom is -0.487 e. The van der Waals surface area contributed by atoms with Gasteiger partial charge < -0.3 is 19.4 Å². The summed E-state index contributed by atoms with van der Waals surface area (Å²) in [4.78, 5) is 29.0. The number of fused-ring (bicyclic) bond motifs is 2. The van der Waals surface area contributed by atoms with E-state index in [0.29, 0.717) is 36.5 Å². The van der Waals surface area contributed by atoms with Crippen LogP contribution in [0.15, 0.2) is 47.3 Å². The fraction of sp³-hybridized carbons (Fsp3) is 0.517. The average Bonchev–Trinajstić information content (AvgIpc) is 3.51. The van der Waals surface area contributed by atoms with Crippen LogP contribution in [0.3, 0.4) is 0 Å². The third kappa shape index (κ3) is 5.57. The highest BCUT2D eigenvalue weighted by atomic mass is 16.5. The van der Waals surface area contributed by atoms with Crippen molar-refractivity contribution in [1.29, 1.82) is 0 Å². The smallest absolute Gasteiger partial charge is 0.257 e. The molecular formula is C29H37N3O4. The van der Waals surface area contributed by atoms with E-state index in [1.54, 1.807) is 6.07 Å². The predicted molar refractivity (Wildman–Crippen MR) is 139 cm³/mol. The molecule has 0 radical (unpaired) electrons. The van der Waals surface area contributed by atoms with Crippen LogP contribution in [0.25, 0.3) is 0 Å². The van der Waals surface area contributed by atoms with Crippen molar-refractivity contribution >= 4 is 5.91 Å². The molecule has 1 saturated heterocycles. The summed E-state index contributed by atoms with van der Waals surface area (Å²) in [7, 11) is 0. The third-order valence-electron chi connectivity index (χ3n) is 7.93. The summed E-state index contributed by atoms with van der Waals surface area (Å²) in [6.45, 7) is 9.46. The lowest BCUT2D eigenvalue weighted by molar-refractivity contribution is 0.0361. The monoisotopic (exact) mass is 491 g/mol. The largest absolute Gasteiger partial charge is 0.487 e. The van der Waals surface area contributed by atoms with Gasteiger partial charge in [0.1, 0.15) is 17.9 Å². The van der Waals surface area contributed by atoms with E-state index in [-0.39, 0.29) is 23.5 Å². The number of morpholine rings is 1. The van der Waals surface area contributed by atoms with Gasteiger partial charge in [-0.2, -0.15) is 0 Å². The molecule has 7 heteroatoms. The number of hydrogen-bond donors (Lipinski definition) is 1. The van der Waals surface area contributed by atoms with Crippen LogP contribution in [0, 0.1) is 31.6 Å². The van der Waals surface area contributed by atoms with Gasteiger partial charge in [0.25, 0.3) is 5.91 Å². The first-order chi connectivity index (χ1) is 17.5. The summed E-state index contributed by atoms with van der Waals surface area (Å²) in [5.41, 5.74) is 2.58. The Morgan fingerprint density at radius 2 is 1.86 bits per heavy atom. The summed E-state index contributed by atoms with van der Waals surface area (Å²) in [5, 5.41) is 3.10. The van der Waals surface area contributed by atoms with Gasteiger partial charge in [-0.1, -0.05) is 29.8 Å². The van der Waals surface area contributed by atoms with E-state index < -0.39 is 0 Å². The first-order valence-electron chi connectivity index (χ1n) is 13.2. The molecule has 1 amide bonds. The van der Waals surface area contributed by atoms with Crippen LogP contribution in [0.5, 0.6) is 5.75 Å². The highest BCUT2D eigenvalue weighted by Gasteiger charge is 2.35. The van der Waals surface area contributed by atoms with Crippen molar-refractivity contribution in [3.05, 3.63) is 75.2 Å². The summed E-state index contributed by atoms with van der Waals surface area (Å²) >= 11 is 0. The Balaban J connectivity index is 1.38. The number of ether oxygens (including phenoxy) is 2. The minimum absolute atomic E-state index is 0.155. The van der Waals surface area contributed by atoms with Gasteiger partial charge in [-0.25, -0.2) is 0 Å². The quantitative estimate of drug-likeness (QED) is 0.545. The number of rotatable bonds is 9. The summed E-state index contributed by atoms with van der Waals surface area (Å²) in [6, 6.07) is 9.42. The van der Waals surface area contributed by atoms with E-state index in [2.05, 4.69) is 26.9 Å². The van der Waals surface area contributed by atoms with Crippen LogP contribution in [0.4, 0.5) is 0 Å². The number of aryl methyl sites for hydroxylation is 2. The molecule has 0 spiro atoms. The molecule has 2 aromatic rings. The van der Waals surface area contributed by atoms with Crippen LogP contribution in [0.2, 0.25) is 0 Å².